The summed E-state index contributed by atoms with van der Waals surface area (Å²) in [6.45, 7) is 13.3. The number of likely N-dealkylation sites (tertiary alicyclic amines) is 1. The SMILES string of the molecule is CC(C)C(=O)N(C)C.CC(C)C(=O)N1CCCCC1.COC(=O)C(C)C. The zero-order valence-corrected chi connectivity index (χ0v) is 18.3. The highest BCUT2D eigenvalue weighted by molar-refractivity contribution is 5.78. The fourth-order valence-corrected chi connectivity index (χ4v) is 2.23. The van der Waals surface area contributed by atoms with E-state index in [1.807, 2.05) is 32.6 Å². The first-order valence-electron chi connectivity index (χ1n) is 9.53. The third-order valence-corrected chi connectivity index (χ3v) is 3.77. The molecule has 2 amide bonds. The number of methoxy groups -OCH3 is 1. The molecule has 6 nitrogen and oxygen atoms in total. The molecule has 0 unspecified atom stereocenters. The van der Waals surface area contributed by atoms with Gasteiger partial charge in [0.15, 0.2) is 0 Å². The van der Waals surface area contributed by atoms with E-state index in [0.717, 1.165) is 13.1 Å². The molecule has 0 saturated carbocycles. The Kier molecular flexibility index (Phi) is 14.9. The van der Waals surface area contributed by atoms with Crippen LogP contribution in [0.4, 0.5) is 0 Å². The van der Waals surface area contributed by atoms with Crippen LogP contribution in [0.5, 0.6) is 0 Å². The quantitative estimate of drug-likeness (QED) is 0.714. The van der Waals surface area contributed by atoms with E-state index >= 15 is 0 Å². The Balaban J connectivity index is 0. The van der Waals surface area contributed by atoms with E-state index < -0.39 is 0 Å². The van der Waals surface area contributed by atoms with E-state index in [-0.39, 0.29) is 29.6 Å². The first-order chi connectivity index (χ1) is 11.9. The summed E-state index contributed by atoms with van der Waals surface area (Å²) in [6.07, 6.45) is 3.68. The molecule has 0 aromatic rings. The van der Waals surface area contributed by atoms with Gasteiger partial charge < -0.3 is 14.5 Å². The summed E-state index contributed by atoms with van der Waals surface area (Å²) >= 11 is 0. The summed E-state index contributed by atoms with van der Waals surface area (Å²) in [7, 11) is 4.92. The topological polar surface area (TPSA) is 66.9 Å². The van der Waals surface area contributed by atoms with Crippen LogP contribution >= 0.6 is 0 Å². The van der Waals surface area contributed by atoms with Crippen molar-refractivity contribution >= 4 is 17.8 Å². The molecule has 0 N–H and O–H groups in total. The standard InChI is InChI=1S/C9H17NO.C6H13NO.C5H10O2/c1-8(2)9(11)10-6-4-3-5-7-10;1-5(2)6(8)7(3)4;1-4(2)5(6)7-3/h8H,3-7H2,1-2H3;5H,1-4H3;4H,1-3H3. The van der Waals surface area contributed by atoms with Crippen molar-refractivity contribution in [1.29, 1.82) is 0 Å². The van der Waals surface area contributed by atoms with Crippen molar-refractivity contribution in [3.8, 4) is 0 Å². The van der Waals surface area contributed by atoms with Gasteiger partial charge in [-0.1, -0.05) is 41.5 Å². The lowest BCUT2D eigenvalue weighted by Crippen LogP contribution is -2.38. The fraction of sp³-hybridized carbons (Fsp3) is 0.850. The second-order valence-corrected chi connectivity index (χ2v) is 7.61. The van der Waals surface area contributed by atoms with Gasteiger partial charge in [-0.2, -0.15) is 0 Å². The number of carbonyl (C=O) groups is 3. The molecule has 0 radical (unpaired) electrons. The number of rotatable bonds is 3. The van der Waals surface area contributed by atoms with Gasteiger partial charge in [-0.05, 0) is 19.3 Å². The van der Waals surface area contributed by atoms with Crippen LogP contribution in [-0.2, 0) is 19.1 Å². The molecule has 0 spiro atoms. The molecule has 1 saturated heterocycles. The van der Waals surface area contributed by atoms with Crippen molar-refractivity contribution < 1.29 is 19.1 Å². The van der Waals surface area contributed by atoms with E-state index in [4.69, 9.17) is 0 Å². The third kappa shape index (κ3) is 12.7. The minimum absolute atomic E-state index is 0.00463. The Labute approximate surface area is 160 Å². The van der Waals surface area contributed by atoms with Crippen LogP contribution in [0.1, 0.15) is 60.8 Å². The molecule has 0 aromatic carbocycles. The first-order valence-corrected chi connectivity index (χ1v) is 9.53. The Morgan fingerprint density at radius 2 is 1.27 bits per heavy atom. The van der Waals surface area contributed by atoms with Crippen LogP contribution < -0.4 is 0 Å². The summed E-state index contributed by atoms with van der Waals surface area (Å²) in [6, 6.07) is 0. The molecule has 0 atom stereocenters. The molecule has 0 aliphatic carbocycles. The maximum atomic E-state index is 11.4. The van der Waals surface area contributed by atoms with Gasteiger partial charge in [0.25, 0.3) is 0 Å². The summed E-state index contributed by atoms with van der Waals surface area (Å²) in [5.74, 6) is 0.665. The zero-order valence-electron chi connectivity index (χ0n) is 18.3. The van der Waals surface area contributed by atoms with Crippen LogP contribution in [0.3, 0.4) is 0 Å². The lowest BCUT2D eigenvalue weighted by atomic mass is 10.1. The minimum atomic E-state index is -0.153. The monoisotopic (exact) mass is 372 g/mol. The van der Waals surface area contributed by atoms with Crippen LogP contribution in [-0.4, -0.2) is 61.9 Å². The average molecular weight is 373 g/mol. The molecule has 1 fully saturated rings. The zero-order chi connectivity index (χ0) is 20.9. The average Bonchev–Trinajstić information content (AvgIpc) is 2.60. The largest absolute Gasteiger partial charge is 0.469 e. The number of hydrogen-bond donors (Lipinski definition) is 0. The molecule has 0 aromatic heterocycles. The molecule has 0 bridgehead atoms. The van der Waals surface area contributed by atoms with Gasteiger partial charge in [-0.15, -0.1) is 0 Å². The summed E-state index contributed by atoms with van der Waals surface area (Å²) < 4.78 is 4.37. The summed E-state index contributed by atoms with van der Waals surface area (Å²) in [4.78, 5) is 36.1. The van der Waals surface area contributed by atoms with E-state index in [2.05, 4.69) is 4.74 Å². The number of nitrogens with zero attached hydrogens (tertiary/aromatic N) is 2. The predicted octanol–water partition coefficient (Wildman–Crippen LogP) is 3.20. The highest BCUT2D eigenvalue weighted by Crippen LogP contribution is 2.11. The molecule has 154 valence electrons. The summed E-state index contributed by atoms with van der Waals surface area (Å²) in [5.41, 5.74) is 0. The highest BCUT2D eigenvalue weighted by Gasteiger charge is 2.18. The fourth-order valence-electron chi connectivity index (χ4n) is 2.23. The van der Waals surface area contributed by atoms with Gasteiger partial charge in [0.1, 0.15) is 0 Å². The molecule has 1 aliphatic rings. The van der Waals surface area contributed by atoms with Crippen LogP contribution in [0.15, 0.2) is 0 Å². The molecule has 26 heavy (non-hydrogen) atoms. The van der Waals surface area contributed by atoms with Crippen molar-refractivity contribution in [3.05, 3.63) is 0 Å². The van der Waals surface area contributed by atoms with Gasteiger partial charge >= 0.3 is 5.97 Å². The number of piperidine rings is 1. The van der Waals surface area contributed by atoms with Gasteiger partial charge in [0.2, 0.25) is 11.8 Å². The Bertz CT molecular complexity index is 402. The van der Waals surface area contributed by atoms with Crippen molar-refractivity contribution in [2.45, 2.75) is 60.8 Å². The van der Waals surface area contributed by atoms with Gasteiger partial charge in [-0.25, -0.2) is 0 Å². The maximum Gasteiger partial charge on any atom is 0.308 e. The summed E-state index contributed by atoms with van der Waals surface area (Å²) in [5, 5.41) is 0. The molecule has 6 heteroatoms. The molecule has 1 heterocycles. The van der Waals surface area contributed by atoms with Crippen molar-refractivity contribution in [1.82, 2.24) is 9.80 Å². The Hall–Kier alpha value is -1.59. The van der Waals surface area contributed by atoms with Crippen LogP contribution in [0.25, 0.3) is 0 Å². The Morgan fingerprint density at radius 1 is 0.808 bits per heavy atom. The number of carbonyl (C=O) groups excluding carboxylic acids is 3. The lowest BCUT2D eigenvalue weighted by Gasteiger charge is -2.28. The number of esters is 1. The van der Waals surface area contributed by atoms with E-state index in [0.29, 0.717) is 5.91 Å². The van der Waals surface area contributed by atoms with E-state index in [1.54, 1.807) is 32.8 Å². The first kappa shape index (κ1) is 26.6. The molecule has 1 aliphatic heterocycles. The third-order valence-electron chi connectivity index (χ3n) is 3.77. The van der Waals surface area contributed by atoms with Crippen molar-refractivity contribution in [3.63, 3.8) is 0 Å². The van der Waals surface area contributed by atoms with Crippen molar-refractivity contribution in [2.75, 3.05) is 34.3 Å². The Morgan fingerprint density at radius 3 is 1.46 bits per heavy atom. The van der Waals surface area contributed by atoms with Gasteiger partial charge in [0.05, 0.1) is 13.0 Å². The van der Waals surface area contributed by atoms with Crippen molar-refractivity contribution in [2.24, 2.45) is 17.8 Å². The number of ether oxygens (including phenoxy) is 1. The molecular formula is C20H40N2O4. The second-order valence-electron chi connectivity index (χ2n) is 7.61. The van der Waals surface area contributed by atoms with Crippen LogP contribution in [0, 0.1) is 17.8 Å². The lowest BCUT2D eigenvalue weighted by molar-refractivity contribution is -0.144. The smallest absolute Gasteiger partial charge is 0.308 e. The molecular weight excluding hydrogens is 332 g/mol. The highest BCUT2D eigenvalue weighted by atomic mass is 16.5. The van der Waals surface area contributed by atoms with Gasteiger partial charge in [-0.3, -0.25) is 14.4 Å². The number of hydrogen-bond acceptors (Lipinski definition) is 4. The predicted molar refractivity (Wildman–Crippen MR) is 106 cm³/mol. The maximum absolute atomic E-state index is 11.4. The number of amides is 2. The normalized spacial score (nSPS) is 13.5. The minimum Gasteiger partial charge on any atom is -0.469 e. The van der Waals surface area contributed by atoms with Crippen LogP contribution in [0.2, 0.25) is 0 Å². The van der Waals surface area contributed by atoms with Gasteiger partial charge in [0, 0.05) is 39.0 Å². The van der Waals surface area contributed by atoms with E-state index in [9.17, 15) is 14.4 Å². The van der Waals surface area contributed by atoms with E-state index in [1.165, 1.54) is 26.4 Å². The second kappa shape index (κ2) is 14.6. The molecule has 1 rings (SSSR count).